The van der Waals surface area contributed by atoms with E-state index in [1.54, 1.807) is 6.92 Å². The van der Waals surface area contributed by atoms with Gasteiger partial charge in [0.25, 0.3) is 0 Å². The van der Waals surface area contributed by atoms with Crippen LogP contribution >= 0.6 is 11.8 Å². The molecule has 1 aromatic rings. The van der Waals surface area contributed by atoms with Crippen molar-refractivity contribution in [2.45, 2.75) is 12.2 Å². The van der Waals surface area contributed by atoms with E-state index in [0.29, 0.717) is 13.1 Å². The van der Waals surface area contributed by atoms with Gasteiger partial charge in [0.2, 0.25) is 5.91 Å². The Labute approximate surface area is 119 Å². The molecule has 1 fully saturated rings. The standard InChI is InChI=1S/C13H14F2N2O2S/c1-8(12-9(14)3-2-4-10(12)15)20-7-11(18)17-6-5-16-13(17)19/h2-4,8H,5-7H2,1H3,(H,16,19). The van der Waals surface area contributed by atoms with Gasteiger partial charge in [0, 0.05) is 23.9 Å². The summed E-state index contributed by atoms with van der Waals surface area (Å²) in [5.74, 6) is -1.61. The Hall–Kier alpha value is -1.63. The molecule has 108 valence electrons. The number of hydrogen-bond acceptors (Lipinski definition) is 3. The van der Waals surface area contributed by atoms with E-state index in [-0.39, 0.29) is 17.2 Å². The average molecular weight is 300 g/mol. The highest BCUT2D eigenvalue weighted by molar-refractivity contribution is 8.00. The number of carbonyl (C=O) groups is 2. The van der Waals surface area contributed by atoms with E-state index >= 15 is 0 Å². The number of benzene rings is 1. The van der Waals surface area contributed by atoms with E-state index in [2.05, 4.69) is 5.32 Å². The number of thioether (sulfide) groups is 1. The van der Waals surface area contributed by atoms with Gasteiger partial charge in [-0.2, -0.15) is 0 Å². The minimum atomic E-state index is -0.628. The highest BCUT2D eigenvalue weighted by atomic mass is 32.2. The number of halogens is 2. The maximum Gasteiger partial charge on any atom is 0.324 e. The molecule has 1 aliphatic rings. The molecule has 20 heavy (non-hydrogen) atoms. The van der Waals surface area contributed by atoms with Crippen molar-refractivity contribution in [3.8, 4) is 0 Å². The number of urea groups is 1. The molecule has 0 saturated carbocycles. The van der Waals surface area contributed by atoms with E-state index in [9.17, 15) is 18.4 Å². The lowest BCUT2D eigenvalue weighted by Crippen LogP contribution is -2.35. The highest BCUT2D eigenvalue weighted by Gasteiger charge is 2.27. The molecule has 1 aliphatic heterocycles. The Morgan fingerprint density at radius 1 is 1.45 bits per heavy atom. The summed E-state index contributed by atoms with van der Waals surface area (Å²) in [6, 6.07) is 3.25. The summed E-state index contributed by atoms with van der Waals surface area (Å²) in [5, 5.41) is 2.02. The van der Waals surface area contributed by atoms with Crippen molar-refractivity contribution in [1.29, 1.82) is 0 Å². The number of imide groups is 1. The summed E-state index contributed by atoms with van der Waals surface area (Å²) in [6.45, 7) is 2.40. The number of nitrogens with zero attached hydrogens (tertiary/aromatic N) is 1. The van der Waals surface area contributed by atoms with E-state index in [4.69, 9.17) is 0 Å². The van der Waals surface area contributed by atoms with Gasteiger partial charge in [-0.05, 0) is 19.1 Å². The number of carbonyl (C=O) groups excluding carboxylic acids is 2. The first kappa shape index (κ1) is 14.8. The van der Waals surface area contributed by atoms with Crippen LogP contribution in [-0.4, -0.2) is 35.7 Å². The van der Waals surface area contributed by atoms with E-state index in [1.807, 2.05) is 0 Å². The Balaban J connectivity index is 1.97. The lowest BCUT2D eigenvalue weighted by Gasteiger charge is -2.16. The summed E-state index contributed by atoms with van der Waals surface area (Å²) in [7, 11) is 0. The van der Waals surface area contributed by atoms with E-state index < -0.39 is 22.9 Å². The smallest absolute Gasteiger partial charge is 0.324 e. The lowest BCUT2D eigenvalue weighted by molar-refractivity contribution is -0.124. The molecular formula is C13H14F2N2O2S. The Kier molecular flexibility index (Phi) is 4.59. The monoisotopic (exact) mass is 300 g/mol. The lowest BCUT2D eigenvalue weighted by atomic mass is 10.1. The largest absolute Gasteiger partial charge is 0.336 e. The second-order valence-corrected chi connectivity index (χ2v) is 5.69. The Bertz CT molecular complexity index is 519. The van der Waals surface area contributed by atoms with E-state index in [0.717, 1.165) is 16.7 Å². The van der Waals surface area contributed by atoms with Gasteiger partial charge in [-0.25, -0.2) is 13.6 Å². The maximum atomic E-state index is 13.6. The molecule has 0 radical (unpaired) electrons. The number of hydrogen-bond donors (Lipinski definition) is 1. The molecule has 1 N–H and O–H groups in total. The third-order valence-electron chi connectivity index (χ3n) is 3.02. The molecule has 7 heteroatoms. The van der Waals surface area contributed by atoms with Gasteiger partial charge in [-0.3, -0.25) is 9.69 Å². The molecule has 1 unspecified atom stereocenters. The summed E-state index contributed by atoms with van der Waals surface area (Å²) < 4.78 is 27.2. The molecule has 4 nitrogen and oxygen atoms in total. The molecule has 2 rings (SSSR count). The zero-order valence-corrected chi connectivity index (χ0v) is 11.7. The Morgan fingerprint density at radius 3 is 2.65 bits per heavy atom. The van der Waals surface area contributed by atoms with Crippen LogP contribution in [0.15, 0.2) is 18.2 Å². The SMILES string of the molecule is CC(SCC(=O)N1CCNC1=O)c1c(F)cccc1F. The van der Waals surface area contributed by atoms with Gasteiger partial charge in [-0.1, -0.05) is 6.07 Å². The van der Waals surface area contributed by atoms with Crippen LogP contribution in [0.25, 0.3) is 0 Å². The minimum absolute atomic E-state index is 0.00234. The van der Waals surface area contributed by atoms with Gasteiger partial charge in [0.05, 0.1) is 5.75 Å². The third-order valence-corrected chi connectivity index (χ3v) is 4.17. The van der Waals surface area contributed by atoms with Crippen LogP contribution < -0.4 is 5.32 Å². The normalized spacial score (nSPS) is 16.1. The molecule has 0 aliphatic carbocycles. The number of rotatable bonds is 4. The molecule has 0 aromatic heterocycles. The predicted octanol–water partition coefficient (Wildman–Crippen LogP) is 2.31. The van der Waals surface area contributed by atoms with E-state index in [1.165, 1.54) is 18.2 Å². The first-order valence-electron chi connectivity index (χ1n) is 6.14. The fourth-order valence-electron chi connectivity index (χ4n) is 1.97. The summed E-state index contributed by atoms with van der Waals surface area (Å²) in [5.41, 5.74) is -0.0452. The fourth-order valence-corrected chi connectivity index (χ4v) is 2.91. The zero-order valence-electron chi connectivity index (χ0n) is 10.9. The summed E-state index contributed by atoms with van der Waals surface area (Å²) in [6.07, 6.45) is 0. The fraction of sp³-hybridized carbons (Fsp3) is 0.385. The van der Waals surface area contributed by atoms with Gasteiger partial charge < -0.3 is 5.32 Å². The van der Waals surface area contributed by atoms with Crippen molar-refractivity contribution in [3.63, 3.8) is 0 Å². The van der Waals surface area contributed by atoms with Gasteiger partial charge in [-0.15, -0.1) is 11.8 Å². The second-order valence-electron chi connectivity index (χ2n) is 4.37. The molecule has 1 heterocycles. The topological polar surface area (TPSA) is 49.4 Å². The number of nitrogens with one attached hydrogen (secondary N) is 1. The predicted molar refractivity (Wildman–Crippen MR) is 72.3 cm³/mol. The van der Waals surface area contributed by atoms with Crippen LogP contribution in [-0.2, 0) is 4.79 Å². The van der Waals surface area contributed by atoms with Crippen LogP contribution in [0.2, 0.25) is 0 Å². The third kappa shape index (κ3) is 3.09. The van der Waals surface area contributed by atoms with Crippen molar-refractivity contribution in [3.05, 3.63) is 35.4 Å². The average Bonchev–Trinajstić information content (AvgIpc) is 2.82. The van der Waals surface area contributed by atoms with Crippen LogP contribution in [0.5, 0.6) is 0 Å². The summed E-state index contributed by atoms with van der Waals surface area (Å²) >= 11 is 1.10. The van der Waals surface area contributed by atoms with Crippen LogP contribution in [0, 0.1) is 11.6 Å². The van der Waals surface area contributed by atoms with Gasteiger partial charge in [0.1, 0.15) is 11.6 Å². The molecule has 1 saturated heterocycles. The molecule has 1 atom stereocenters. The van der Waals surface area contributed by atoms with Crippen LogP contribution in [0.3, 0.4) is 0 Å². The molecule has 0 bridgehead atoms. The highest BCUT2D eigenvalue weighted by Crippen LogP contribution is 2.32. The first-order valence-corrected chi connectivity index (χ1v) is 7.19. The first-order chi connectivity index (χ1) is 9.50. The van der Waals surface area contributed by atoms with Crippen molar-refractivity contribution < 1.29 is 18.4 Å². The maximum absolute atomic E-state index is 13.6. The van der Waals surface area contributed by atoms with Crippen LogP contribution in [0.4, 0.5) is 13.6 Å². The van der Waals surface area contributed by atoms with Crippen molar-refractivity contribution in [2.24, 2.45) is 0 Å². The molecular weight excluding hydrogens is 286 g/mol. The van der Waals surface area contributed by atoms with Crippen molar-refractivity contribution in [1.82, 2.24) is 10.2 Å². The molecule has 3 amide bonds. The second kappa shape index (κ2) is 6.21. The molecule has 0 spiro atoms. The van der Waals surface area contributed by atoms with Gasteiger partial charge in [0.15, 0.2) is 0 Å². The van der Waals surface area contributed by atoms with Gasteiger partial charge >= 0.3 is 6.03 Å². The minimum Gasteiger partial charge on any atom is -0.336 e. The Morgan fingerprint density at radius 2 is 2.10 bits per heavy atom. The number of amides is 3. The quantitative estimate of drug-likeness (QED) is 0.928. The van der Waals surface area contributed by atoms with Crippen molar-refractivity contribution in [2.75, 3.05) is 18.8 Å². The summed E-state index contributed by atoms with van der Waals surface area (Å²) in [4.78, 5) is 24.2. The zero-order chi connectivity index (χ0) is 14.7. The van der Waals surface area contributed by atoms with Crippen LogP contribution in [0.1, 0.15) is 17.7 Å². The molecule has 1 aromatic carbocycles. The van der Waals surface area contributed by atoms with Crippen molar-refractivity contribution >= 4 is 23.7 Å².